The standard InChI is InChI=1S/C29H39N5O4/c1-3-4-5-6-10-17-32-20-26-33(25(28(32)37)18-22-13-15-24(35)16-14-22)27(36)21-31(2)34(26)29(38)30-19-23-11-8-7-9-12-23/h7-9,11-16,25-26,35H,3-6,10,17-21H2,1-2H3,(H,30,38)/t25-,26-/m0/s1. The smallest absolute Gasteiger partial charge is 0.334 e. The molecule has 0 spiro atoms. The number of benzene rings is 2. The number of carbonyl (C=O) groups excluding carboxylic acids is 3. The number of phenols is 1. The maximum Gasteiger partial charge on any atom is 0.334 e. The Balaban J connectivity index is 1.57. The number of hydrogen-bond acceptors (Lipinski definition) is 5. The zero-order chi connectivity index (χ0) is 27.1. The van der Waals surface area contributed by atoms with Gasteiger partial charge < -0.3 is 20.2 Å². The van der Waals surface area contributed by atoms with E-state index >= 15 is 0 Å². The van der Waals surface area contributed by atoms with Crippen LogP contribution in [0.4, 0.5) is 4.79 Å². The molecule has 0 aromatic heterocycles. The van der Waals surface area contributed by atoms with E-state index in [-0.39, 0.29) is 36.7 Å². The maximum absolute atomic E-state index is 13.7. The first kappa shape index (κ1) is 27.4. The van der Waals surface area contributed by atoms with Crippen LogP contribution < -0.4 is 5.32 Å². The number of amides is 4. The largest absolute Gasteiger partial charge is 0.508 e. The van der Waals surface area contributed by atoms with Crippen LogP contribution in [0.15, 0.2) is 54.6 Å². The van der Waals surface area contributed by atoms with Crippen LogP contribution >= 0.6 is 0 Å². The Bertz CT molecular complexity index is 1090. The summed E-state index contributed by atoms with van der Waals surface area (Å²) < 4.78 is 0. The molecule has 204 valence electrons. The Kier molecular flexibility index (Phi) is 9.23. The van der Waals surface area contributed by atoms with Gasteiger partial charge in [-0.3, -0.25) is 9.59 Å². The van der Waals surface area contributed by atoms with E-state index in [9.17, 15) is 19.5 Å². The molecule has 2 saturated heterocycles. The molecule has 2 aromatic rings. The first-order chi connectivity index (χ1) is 18.4. The minimum Gasteiger partial charge on any atom is -0.508 e. The van der Waals surface area contributed by atoms with E-state index in [4.69, 9.17) is 0 Å². The fraction of sp³-hybridized carbons (Fsp3) is 0.483. The third-order valence-electron chi connectivity index (χ3n) is 7.33. The summed E-state index contributed by atoms with van der Waals surface area (Å²) >= 11 is 0. The number of carbonyl (C=O) groups is 3. The van der Waals surface area contributed by atoms with Crippen molar-refractivity contribution in [2.24, 2.45) is 0 Å². The molecule has 4 rings (SSSR count). The van der Waals surface area contributed by atoms with E-state index in [1.54, 1.807) is 46.2 Å². The van der Waals surface area contributed by atoms with Crippen molar-refractivity contribution >= 4 is 17.8 Å². The lowest BCUT2D eigenvalue weighted by Gasteiger charge is -2.54. The van der Waals surface area contributed by atoms with E-state index in [0.717, 1.165) is 36.8 Å². The van der Waals surface area contributed by atoms with Gasteiger partial charge in [0.1, 0.15) is 18.0 Å². The molecular weight excluding hydrogens is 482 g/mol. The van der Waals surface area contributed by atoms with E-state index in [0.29, 0.717) is 19.5 Å². The van der Waals surface area contributed by atoms with Gasteiger partial charge in [-0.05, 0) is 29.7 Å². The first-order valence-corrected chi connectivity index (χ1v) is 13.6. The van der Waals surface area contributed by atoms with Crippen LogP contribution in [0.25, 0.3) is 0 Å². The van der Waals surface area contributed by atoms with Crippen molar-refractivity contribution in [1.82, 2.24) is 25.1 Å². The maximum atomic E-state index is 13.7. The molecule has 2 atom stereocenters. The molecule has 0 aliphatic carbocycles. The summed E-state index contributed by atoms with van der Waals surface area (Å²) in [5.41, 5.74) is 1.82. The van der Waals surface area contributed by atoms with Crippen LogP contribution in [0.3, 0.4) is 0 Å². The lowest BCUT2D eigenvalue weighted by molar-refractivity contribution is -0.186. The van der Waals surface area contributed by atoms with Gasteiger partial charge in [0.2, 0.25) is 11.8 Å². The van der Waals surface area contributed by atoms with Crippen LogP contribution in [0.2, 0.25) is 0 Å². The number of hydrogen-bond donors (Lipinski definition) is 2. The second-order valence-electron chi connectivity index (χ2n) is 10.2. The highest BCUT2D eigenvalue weighted by atomic mass is 16.3. The van der Waals surface area contributed by atoms with E-state index < -0.39 is 12.2 Å². The Labute approximate surface area is 225 Å². The molecule has 0 unspecified atom stereocenters. The number of nitrogens with one attached hydrogen (secondary N) is 1. The highest BCUT2D eigenvalue weighted by molar-refractivity contribution is 5.91. The van der Waals surface area contributed by atoms with Crippen molar-refractivity contribution in [2.45, 2.75) is 64.2 Å². The molecule has 4 amide bonds. The fourth-order valence-electron chi connectivity index (χ4n) is 5.32. The third kappa shape index (κ3) is 6.45. The van der Waals surface area contributed by atoms with Gasteiger partial charge in [0, 0.05) is 26.6 Å². The SMILES string of the molecule is CCCCCCCN1C[C@H]2N(C(=O)CN(C)N2C(=O)NCc2ccccc2)[C@@H](Cc2ccc(O)cc2)C1=O. The number of aromatic hydroxyl groups is 1. The number of likely N-dealkylation sites (N-methyl/N-ethyl adjacent to an activating group) is 1. The summed E-state index contributed by atoms with van der Waals surface area (Å²) in [6.07, 6.45) is 5.08. The number of hydrazine groups is 1. The lowest BCUT2D eigenvalue weighted by atomic mass is 9.98. The minimum absolute atomic E-state index is 0.00559. The average molecular weight is 522 g/mol. The molecular formula is C29H39N5O4. The van der Waals surface area contributed by atoms with Gasteiger partial charge in [-0.15, -0.1) is 0 Å². The van der Waals surface area contributed by atoms with Gasteiger partial charge in [0.05, 0.1) is 13.1 Å². The predicted octanol–water partition coefficient (Wildman–Crippen LogP) is 3.34. The normalized spacial score (nSPS) is 20.0. The van der Waals surface area contributed by atoms with Gasteiger partial charge in [0.15, 0.2) is 0 Å². The number of unbranched alkanes of at least 4 members (excludes halogenated alkanes) is 4. The van der Waals surface area contributed by atoms with Gasteiger partial charge >= 0.3 is 6.03 Å². The number of fused-ring (bicyclic) bond motifs is 1. The Hall–Kier alpha value is -3.59. The van der Waals surface area contributed by atoms with Crippen molar-refractivity contribution in [1.29, 1.82) is 0 Å². The quantitative estimate of drug-likeness (QED) is 0.468. The molecule has 2 aromatic carbocycles. The lowest BCUT2D eigenvalue weighted by Crippen LogP contribution is -2.76. The van der Waals surface area contributed by atoms with Crippen molar-refractivity contribution in [3.05, 3.63) is 65.7 Å². The highest BCUT2D eigenvalue weighted by Crippen LogP contribution is 2.28. The van der Waals surface area contributed by atoms with Crippen molar-refractivity contribution in [3.63, 3.8) is 0 Å². The zero-order valence-electron chi connectivity index (χ0n) is 22.4. The predicted molar refractivity (Wildman–Crippen MR) is 145 cm³/mol. The first-order valence-electron chi connectivity index (χ1n) is 13.6. The molecule has 2 N–H and O–H groups in total. The molecule has 0 saturated carbocycles. The van der Waals surface area contributed by atoms with Crippen LogP contribution in [0.1, 0.15) is 50.2 Å². The molecule has 2 fully saturated rings. The number of rotatable bonds is 10. The van der Waals surface area contributed by atoms with E-state index in [2.05, 4.69) is 12.2 Å². The molecule has 2 aliphatic rings. The molecule has 2 heterocycles. The Morgan fingerprint density at radius 1 is 0.974 bits per heavy atom. The Morgan fingerprint density at radius 3 is 2.39 bits per heavy atom. The zero-order valence-corrected chi connectivity index (χ0v) is 22.4. The van der Waals surface area contributed by atoms with Gasteiger partial charge in [-0.1, -0.05) is 75.1 Å². The summed E-state index contributed by atoms with van der Waals surface area (Å²) in [5.74, 6) is -0.121. The molecule has 38 heavy (non-hydrogen) atoms. The number of nitrogens with zero attached hydrogens (tertiary/aromatic N) is 4. The second kappa shape index (κ2) is 12.8. The van der Waals surface area contributed by atoms with Gasteiger partial charge in [-0.25, -0.2) is 14.8 Å². The second-order valence-corrected chi connectivity index (χ2v) is 10.2. The number of phenolic OH excluding ortho intramolecular Hbond substituents is 1. The third-order valence-corrected chi connectivity index (χ3v) is 7.33. The van der Waals surface area contributed by atoms with Crippen LogP contribution in [0, 0.1) is 0 Å². The summed E-state index contributed by atoms with van der Waals surface area (Å²) in [6, 6.07) is 15.4. The molecule has 0 bridgehead atoms. The summed E-state index contributed by atoms with van der Waals surface area (Å²) in [6.45, 7) is 3.40. The minimum atomic E-state index is -0.723. The molecule has 0 radical (unpaired) electrons. The van der Waals surface area contributed by atoms with Crippen molar-refractivity contribution < 1.29 is 19.5 Å². The van der Waals surface area contributed by atoms with Crippen LogP contribution in [-0.4, -0.2) is 81.7 Å². The van der Waals surface area contributed by atoms with Crippen molar-refractivity contribution in [3.8, 4) is 5.75 Å². The Morgan fingerprint density at radius 2 is 1.68 bits per heavy atom. The van der Waals surface area contributed by atoms with Crippen molar-refractivity contribution in [2.75, 3.05) is 26.7 Å². The van der Waals surface area contributed by atoms with Gasteiger partial charge in [-0.2, -0.15) is 0 Å². The highest BCUT2D eigenvalue weighted by Gasteiger charge is 2.50. The summed E-state index contributed by atoms with van der Waals surface area (Å²) in [5, 5.41) is 15.9. The topological polar surface area (TPSA) is 96.4 Å². The monoisotopic (exact) mass is 521 g/mol. The van der Waals surface area contributed by atoms with E-state index in [1.807, 2.05) is 35.2 Å². The molecule has 2 aliphatic heterocycles. The summed E-state index contributed by atoms with van der Waals surface area (Å²) in [4.78, 5) is 44.0. The average Bonchev–Trinajstić information content (AvgIpc) is 2.91. The molecule has 9 heteroatoms. The van der Waals surface area contributed by atoms with Crippen LogP contribution in [-0.2, 0) is 22.6 Å². The number of urea groups is 1. The molecule has 9 nitrogen and oxygen atoms in total. The number of piperazine rings is 1. The fourth-order valence-corrected chi connectivity index (χ4v) is 5.32. The summed E-state index contributed by atoms with van der Waals surface area (Å²) in [7, 11) is 1.73. The van der Waals surface area contributed by atoms with Crippen LogP contribution in [0.5, 0.6) is 5.75 Å². The van der Waals surface area contributed by atoms with Gasteiger partial charge in [0.25, 0.3) is 0 Å². The van der Waals surface area contributed by atoms with E-state index in [1.165, 1.54) is 6.42 Å².